The van der Waals surface area contributed by atoms with Crippen molar-refractivity contribution in [1.82, 2.24) is 4.98 Å². The van der Waals surface area contributed by atoms with Crippen LogP contribution in [0.3, 0.4) is 0 Å². The molecule has 0 saturated carbocycles. The van der Waals surface area contributed by atoms with E-state index in [1.807, 2.05) is 54.6 Å². The maximum Gasteiger partial charge on any atom is 0.328 e. The van der Waals surface area contributed by atoms with Gasteiger partial charge in [-0.05, 0) is 34.9 Å². The average molecular weight is 463 g/mol. The van der Waals surface area contributed by atoms with Gasteiger partial charge in [0, 0.05) is 24.8 Å². The number of hydrogen-bond donors (Lipinski definition) is 4. The first-order chi connectivity index (χ1) is 16.4. The molecule has 5 N–H and O–H groups in total. The molecule has 34 heavy (non-hydrogen) atoms. The third-order valence-corrected chi connectivity index (χ3v) is 4.33. The Morgan fingerprint density at radius 1 is 0.971 bits per heavy atom. The lowest BCUT2D eigenvalue weighted by molar-refractivity contribution is -0.134. The molecule has 0 unspecified atom stereocenters. The normalized spacial score (nSPS) is 10.8. The Kier molecular flexibility index (Phi) is 10.3. The number of rotatable bonds is 8. The van der Waals surface area contributed by atoms with Gasteiger partial charge >= 0.3 is 11.9 Å². The molecular formula is C25H26N4O5. The molecule has 3 aromatic rings. The van der Waals surface area contributed by atoms with Crippen LogP contribution in [0.4, 0.5) is 5.82 Å². The number of carbonyl (C=O) groups is 2. The van der Waals surface area contributed by atoms with Gasteiger partial charge in [-0.15, -0.1) is 0 Å². The molecule has 0 saturated heterocycles. The van der Waals surface area contributed by atoms with Crippen LogP contribution < -0.4 is 15.8 Å². The molecule has 0 bridgehead atoms. The van der Waals surface area contributed by atoms with Crippen molar-refractivity contribution < 1.29 is 24.5 Å². The highest BCUT2D eigenvalue weighted by atomic mass is 16.5. The van der Waals surface area contributed by atoms with Crippen molar-refractivity contribution in [2.75, 3.05) is 12.4 Å². The van der Waals surface area contributed by atoms with Crippen LogP contribution in [0.25, 0.3) is 0 Å². The van der Waals surface area contributed by atoms with Crippen LogP contribution in [0.5, 0.6) is 5.75 Å². The first kappa shape index (κ1) is 25.6. The third-order valence-electron chi connectivity index (χ3n) is 4.33. The van der Waals surface area contributed by atoms with Gasteiger partial charge < -0.3 is 26.0 Å². The van der Waals surface area contributed by atoms with Crippen LogP contribution in [0, 0.1) is 0 Å². The summed E-state index contributed by atoms with van der Waals surface area (Å²) in [5, 5.41) is 18.7. The SMILES string of the molecule is COc1ccc(CN=C(N)Nc2ncccc2Cc2ccccc2)cc1.O=C(O)/C=C\C(=O)O. The van der Waals surface area contributed by atoms with Gasteiger partial charge in [0.25, 0.3) is 0 Å². The van der Waals surface area contributed by atoms with E-state index in [9.17, 15) is 9.59 Å². The maximum absolute atomic E-state index is 9.55. The summed E-state index contributed by atoms with van der Waals surface area (Å²) < 4.78 is 5.15. The molecule has 9 nitrogen and oxygen atoms in total. The number of aliphatic imine (C=N–C) groups is 1. The average Bonchev–Trinajstić information content (AvgIpc) is 2.84. The maximum atomic E-state index is 9.55. The molecule has 0 radical (unpaired) electrons. The monoisotopic (exact) mass is 462 g/mol. The molecule has 0 atom stereocenters. The Balaban J connectivity index is 0.000000440. The molecule has 3 rings (SSSR count). The molecule has 0 fully saturated rings. The van der Waals surface area contributed by atoms with Crippen molar-refractivity contribution in [2.45, 2.75) is 13.0 Å². The number of guanidine groups is 1. The van der Waals surface area contributed by atoms with E-state index >= 15 is 0 Å². The number of hydrogen-bond acceptors (Lipinski definition) is 5. The largest absolute Gasteiger partial charge is 0.497 e. The number of nitrogens with two attached hydrogens (primary N) is 1. The molecule has 1 aromatic heterocycles. The summed E-state index contributed by atoms with van der Waals surface area (Å²) in [6.45, 7) is 0.490. The van der Waals surface area contributed by atoms with E-state index in [1.54, 1.807) is 13.3 Å². The van der Waals surface area contributed by atoms with Gasteiger partial charge in [0.05, 0.1) is 13.7 Å². The van der Waals surface area contributed by atoms with Crippen molar-refractivity contribution in [1.29, 1.82) is 0 Å². The zero-order chi connectivity index (χ0) is 24.8. The Hall–Kier alpha value is -4.66. The van der Waals surface area contributed by atoms with E-state index in [0.717, 1.165) is 29.1 Å². The van der Waals surface area contributed by atoms with Crippen LogP contribution in [0.2, 0.25) is 0 Å². The molecule has 9 heteroatoms. The van der Waals surface area contributed by atoms with Gasteiger partial charge in [0.2, 0.25) is 0 Å². The van der Waals surface area contributed by atoms with E-state index in [2.05, 4.69) is 27.4 Å². The quantitative estimate of drug-likeness (QED) is 0.226. The van der Waals surface area contributed by atoms with Gasteiger partial charge in [0.15, 0.2) is 5.96 Å². The van der Waals surface area contributed by atoms with Crippen LogP contribution >= 0.6 is 0 Å². The molecule has 0 aliphatic heterocycles. The minimum atomic E-state index is -1.26. The number of anilines is 1. The summed E-state index contributed by atoms with van der Waals surface area (Å²) in [4.78, 5) is 27.9. The Bertz CT molecular complexity index is 1110. The van der Waals surface area contributed by atoms with Gasteiger partial charge in [-0.2, -0.15) is 0 Å². The lowest BCUT2D eigenvalue weighted by Crippen LogP contribution is -2.24. The molecule has 0 aliphatic rings. The molecular weight excluding hydrogens is 436 g/mol. The second-order valence-electron chi connectivity index (χ2n) is 6.86. The number of aliphatic carboxylic acids is 2. The van der Waals surface area contributed by atoms with Crippen molar-refractivity contribution in [2.24, 2.45) is 10.7 Å². The first-order valence-electron chi connectivity index (χ1n) is 10.2. The Labute approximate surface area is 197 Å². The van der Waals surface area contributed by atoms with E-state index < -0.39 is 11.9 Å². The number of carboxylic acids is 2. The minimum absolute atomic E-state index is 0.342. The van der Waals surface area contributed by atoms with E-state index in [-0.39, 0.29) is 0 Å². The van der Waals surface area contributed by atoms with Gasteiger partial charge in [-0.3, -0.25) is 0 Å². The highest BCUT2D eigenvalue weighted by molar-refractivity contribution is 5.92. The number of carboxylic acid groups (broad SMARTS) is 2. The van der Waals surface area contributed by atoms with Crippen LogP contribution in [-0.4, -0.2) is 40.2 Å². The fourth-order valence-corrected chi connectivity index (χ4v) is 2.72. The van der Waals surface area contributed by atoms with E-state index in [0.29, 0.717) is 24.7 Å². The summed E-state index contributed by atoms with van der Waals surface area (Å²) in [6, 6.07) is 22.0. The van der Waals surface area contributed by atoms with Crippen LogP contribution in [-0.2, 0) is 22.6 Å². The fraction of sp³-hybridized carbons (Fsp3) is 0.120. The molecule has 1 heterocycles. The third kappa shape index (κ3) is 9.65. The topological polar surface area (TPSA) is 147 Å². The summed E-state index contributed by atoms with van der Waals surface area (Å²) in [7, 11) is 1.65. The molecule has 0 aliphatic carbocycles. The molecule has 0 spiro atoms. The van der Waals surface area contributed by atoms with Crippen molar-refractivity contribution in [3.63, 3.8) is 0 Å². The predicted molar refractivity (Wildman–Crippen MR) is 130 cm³/mol. The summed E-state index contributed by atoms with van der Waals surface area (Å²) in [5.41, 5.74) is 9.39. The lowest BCUT2D eigenvalue weighted by atomic mass is 10.1. The first-order valence-corrected chi connectivity index (χ1v) is 10.2. The smallest absolute Gasteiger partial charge is 0.328 e. The molecule has 2 aromatic carbocycles. The van der Waals surface area contributed by atoms with Gasteiger partial charge in [-0.25, -0.2) is 19.6 Å². The zero-order valence-corrected chi connectivity index (χ0v) is 18.6. The zero-order valence-electron chi connectivity index (χ0n) is 18.6. The van der Waals surface area contributed by atoms with Crippen molar-refractivity contribution in [3.05, 3.63) is 102 Å². The van der Waals surface area contributed by atoms with E-state index in [4.69, 9.17) is 20.7 Å². The second-order valence-corrected chi connectivity index (χ2v) is 6.86. The Morgan fingerprint density at radius 3 is 2.21 bits per heavy atom. The fourth-order valence-electron chi connectivity index (χ4n) is 2.72. The number of nitrogens with one attached hydrogen (secondary N) is 1. The predicted octanol–water partition coefficient (Wildman–Crippen LogP) is 3.32. The van der Waals surface area contributed by atoms with Gasteiger partial charge in [0.1, 0.15) is 11.6 Å². The summed E-state index contributed by atoms with van der Waals surface area (Å²) >= 11 is 0. The standard InChI is InChI=1S/C21H22N4O.C4H4O4/c1-26-19-11-9-17(10-12-19)15-24-21(22)25-20-18(8-5-13-23-20)14-16-6-3-2-4-7-16;5-3(6)1-2-4(7)8/h2-13H,14-15H2,1H3,(H3,22,23,24,25);1-2H,(H,5,6)(H,7,8)/b;2-1-. The van der Waals surface area contributed by atoms with Crippen LogP contribution in [0.15, 0.2) is 90.1 Å². The lowest BCUT2D eigenvalue weighted by Gasteiger charge is -2.10. The van der Waals surface area contributed by atoms with E-state index in [1.165, 1.54) is 5.56 Å². The molecule has 0 amide bonds. The van der Waals surface area contributed by atoms with Crippen LogP contribution in [0.1, 0.15) is 16.7 Å². The number of aromatic nitrogens is 1. The van der Waals surface area contributed by atoms with Gasteiger partial charge in [-0.1, -0.05) is 48.5 Å². The van der Waals surface area contributed by atoms with Crippen molar-refractivity contribution >= 4 is 23.7 Å². The number of benzene rings is 2. The number of pyridine rings is 1. The second kappa shape index (κ2) is 13.7. The number of nitrogens with zero attached hydrogens (tertiary/aromatic N) is 2. The highest BCUT2D eigenvalue weighted by Crippen LogP contribution is 2.16. The number of methoxy groups -OCH3 is 1. The minimum Gasteiger partial charge on any atom is -0.497 e. The highest BCUT2D eigenvalue weighted by Gasteiger charge is 2.05. The Morgan fingerprint density at radius 2 is 1.62 bits per heavy atom. The van der Waals surface area contributed by atoms with Crippen molar-refractivity contribution in [3.8, 4) is 5.75 Å². The summed E-state index contributed by atoms with van der Waals surface area (Å²) in [5.74, 6) is -0.621. The number of ether oxygens (including phenoxy) is 1. The summed E-state index contributed by atoms with van der Waals surface area (Å²) in [6.07, 6.45) is 3.64. The molecule has 176 valence electrons.